The van der Waals surface area contributed by atoms with Gasteiger partial charge in [-0.15, -0.1) is 0 Å². The Bertz CT molecular complexity index is 620. The van der Waals surface area contributed by atoms with Gasteiger partial charge in [0.15, 0.2) is 5.82 Å². The van der Waals surface area contributed by atoms with Crippen molar-refractivity contribution in [2.75, 3.05) is 31.1 Å². The molecule has 1 fully saturated rings. The molecule has 0 bridgehead atoms. The van der Waals surface area contributed by atoms with E-state index < -0.39 is 0 Å². The molecule has 0 aliphatic carbocycles. The van der Waals surface area contributed by atoms with Crippen LogP contribution in [0.4, 0.5) is 5.69 Å². The third-order valence-corrected chi connectivity index (χ3v) is 4.14. The number of rotatable bonds is 4. The van der Waals surface area contributed by atoms with Gasteiger partial charge < -0.3 is 9.42 Å². The standard InChI is InChI=1S/C16H21ClN4O/c1-12(2)16-18-15(22-19-16)11-20-6-8-21(9-7-20)14-5-3-4-13(17)10-14/h3-5,10,12H,6-9,11H2,1-2H3. The van der Waals surface area contributed by atoms with Crippen molar-refractivity contribution in [2.45, 2.75) is 26.3 Å². The van der Waals surface area contributed by atoms with Gasteiger partial charge in [-0.25, -0.2) is 0 Å². The molecule has 1 aliphatic rings. The van der Waals surface area contributed by atoms with E-state index in [-0.39, 0.29) is 0 Å². The zero-order chi connectivity index (χ0) is 15.5. The quantitative estimate of drug-likeness (QED) is 0.866. The number of piperazine rings is 1. The minimum Gasteiger partial charge on any atom is -0.369 e. The Morgan fingerprint density at radius 1 is 1.23 bits per heavy atom. The number of aromatic nitrogens is 2. The van der Waals surface area contributed by atoms with E-state index in [1.165, 1.54) is 5.69 Å². The number of hydrogen-bond acceptors (Lipinski definition) is 5. The molecule has 1 aromatic heterocycles. The lowest BCUT2D eigenvalue weighted by Crippen LogP contribution is -2.46. The highest BCUT2D eigenvalue weighted by Crippen LogP contribution is 2.21. The van der Waals surface area contributed by atoms with E-state index in [1.807, 2.05) is 18.2 Å². The molecule has 1 aromatic carbocycles. The predicted octanol–water partition coefficient (Wildman–Crippen LogP) is 3.17. The first-order valence-electron chi connectivity index (χ1n) is 7.67. The Morgan fingerprint density at radius 2 is 2.00 bits per heavy atom. The van der Waals surface area contributed by atoms with Crippen molar-refractivity contribution < 1.29 is 4.52 Å². The molecule has 2 aromatic rings. The summed E-state index contributed by atoms with van der Waals surface area (Å²) < 4.78 is 5.32. The molecule has 0 atom stereocenters. The Balaban J connectivity index is 1.55. The van der Waals surface area contributed by atoms with E-state index in [0.717, 1.165) is 43.6 Å². The van der Waals surface area contributed by atoms with Crippen LogP contribution in [-0.4, -0.2) is 41.2 Å². The van der Waals surface area contributed by atoms with Crippen LogP contribution >= 0.6 is 11.6 Å². The summed E-state index contributed by atoms with van der Waals surface area (Å²) in [6, 6.07) is 8.03. The van der Waals surface area contributed by atoms with Crippen molar-refractivity contribution in [1.29, 1.82) is 0 Å². The molecular weight excluding hydrogens is 300 g/mol. The fourth-order valence-electron chi connectivity index (χ4n) is 2.60. The maximum absolute atomic E-state index is 6.06. The third-order valence-electron chi connectivity index (χ3n) is 3.90. The molecule has 0 amide bonds. The van der Waals surface area contributed by atoms with E-state index >= 15 is 0 Å². The molecule has 0 unspecified atom stereocenters. The second-order valence-corrected chi connectivity index (χ2v) is 6.38. The number of hydrogen-bond donors (Lipinski definition) is 0. The number of halogens is 1. The zero-order valence-corrected chi connectivity index (χ0v) is 13.8. The molecule has 0 saturated carbocycles. The highest BCUT2D eigenvalue weighted by Gasteiger charge is 2.20. The summed E-state index contributed by atoms with van der Waals surface area (Å²) in [6.07, 6.45) is 0. The molecule has 118 valence electrons. The highest BCUT2D eigenvalue weighted by molar-refractivity contribution is 6.30. The van der Waals surface area contributed by atoms with Crippen LogP contribution in [-0.2, 0) is 6.54 Å². The summed E-state index contributed by atoms with van der Waals surface area (Å²) in [7, 11) is 0. The van der Waals surface area contributed by atoms with Gasteiger partial charge in [-0.05, 0) is 18.2 Å². The Hall–Kier alpha value is -1.59. The fraction of sp³-hybridized carbons (Fsp3) is 0.500. The van der Waals surface area contributed by atoms with Gasteiger partial charge in [-0.2, -0.15) is 4.98 Å². The monoisotopic (exact) mass is 320 g/mol. The Labute approximate surface area is 135 Å². The molecule has 0 N–H and O–H groups in total. The molecule has 22 heavy (non-hydrogen) atoms. The first-order chi connectivity index (χ1) is 10.6. The van der Waals surface area contributed by atoms with Gasteiger partial charge in [0.2, 0.25) is 5.89 Å². The van der Waals surface area contributed by atoms with Crippen molar-refractivity contribution in [3.63, 3.8) is 0 Å². The summed E-state index contributed by atoms with van der Waals surface area (Å²) >= 11 is 6.06. The van der Waals surface area contributed by atoms with Gasteiger partial charge in [0.25, 0.3) is 0 Å². The lowest BCUT2D eigenvalue weighted by molar-refractivity contribution is 0.215. The third kappa shape index (κ3) is 3.59. The van der Waals surface area contributed by atoms with Gasteiger partial charge >= 0.3 is 0 Å². The van der Waals surface area contributed by atoms with Gasteiger partial charge in [-0.1, -0.05) is 36.7 Å². The van der Waals surface area contributed by atoms with E-state index in [1.54, 1.807) is 0 Å². The lowest BCUT2D eigenvalue weighted by Gasteiger charge is -2.35. The number of nitrogens with zero attached hydrogens (tertiary/aromatic N) is 4. The van der Waals surface area contributed by atoms with E-state index in [9.17, 15) is 0 Å². The van der Waals surface area contributed by atoms with Crippen molar-refractivity contribution >= 4 is 17.3 Å². The van der Waals surface area contributed by atoms with Crippen LogP contribution in [0.1, 0.15) is 31.5 Å². The molecule has 6 heteroatoms. The largest absolute Gasteiger partial charge is 0.369 e. The van der Waals surface area contributed by atoms with Crippen LogP contribution < -0.4 is 4.90 Å². The molecular formula is C16H21ClN4O. The minimum atomic E-state index is 0.303. The molecule has 1 saturated heterocycles. The van der Waals surface area contributed by atoms with E-state index in [0.29, 0.717) is 11.8 Å². The SMILES string of the molecule is CC(C)c1noc(CN2CCN(c3cccc(Cl)c3)CC2)n1. The smallest absolute Gasteiger partial charge is 0.240 e. The summed E-state index contributed by atoms with van der Waals surface area (Å²) in [5, 5.41) is 4.80. The number of benzene rings is 1. The van der Waals surface area contributed by atoms with Crippen LogP contribution in [0, 0.1) is 0 Å². The maximum atomic E-state index is 6.06. The second kappa shape index (κ2) is 6.67. The first kappa shape index (κ1) is 15.3. The summed E-state index contributed by atoms with van der Waals surface area (Å²) in [5.74, 6) is 1.80. The average molecular weight is 321 g/mol. The van der Waals surface area contributed by atoms with Gasteiger partial charge in [-0.3, -0.25) is 4.90 Å². The lowest BCUT2D eigenvalue weighted by atomic mass is 10.2. The van der Waals surface area contributed by atoms with Crippen LogP contribution in [0.25, 0.3) is 0 Å². The van der Waals surface area contributed by atoms with Crippen LogP contribution in [0.15, 0.2) is 28.8 Å². The zero-order valence-electron chi connectivity index (χ0n) is 13.0. The topological polar surface area (TPSA) is 45.4 Å². The number of anilines is 1. The summed E-state index contributed by atoms with van der Waals surface area (Å²) in [4.78, 5) is 9.14. The molecule has 3 rings (SSSR count). The molecule has 0 radical (unpaired) electrons. The normalized spacial score (nSPS) is 16.5. The van der Waals surface area contributed by atoms with E-state index in [2.05, 4.69) is 39.9 Å². The fourth-order valence-corrected chi connectivity index (χ4v) is 2.78. The molecule has 0 spiro atoms. The van der Waals surface area contributed by atoms with Crippen molar-refractivity contribution in [2.24, 2.45) is 0 Å². The van der Waals surface area contributed by atoms with Crippen molar-refractivity contribution in [1.82, 2.24) is 15.0 Å². The van der Waals surface area contributed by atoms with Crippen LogP contribution in [0.5, 0.6) is 0 Å². The van der Waals surface area contributed by atoms with E-state index in [4.69, 9.17) is 16.1 Å². The molecule has 1 aliphatic heterocycles. The highest BCUT2D eigenvalue weighted by atomic mass is 35.5. The van der Waals surface area contributed by atoms with Gasteiger partial charge in [0.1, 0.15) is 0 Å². The van der Waals surface area contributed by atoms with Gasteiger partial charge in [0.05, 0.1) is 6.54 Å². The van der Waals surface area contributed by atoms with Crippen molar-refractivity contribution in [3.8, 4) is 0 Å². The average Bonchev–Trinajstić information content (AvgIpc) is 2.97. The Morgan fingerprint density at radius 3 is 2.64 bits per heavy atom. The Kier molecular flexibility index (Phi) is 4.64. The van der Waals surface area contributed by atoms with Gasteiger partial charge in [0, 0.05) is 42.8 Å². The maximum Gasteiger partial charge on any atom is 0.240 e. The second-order valence-electron chi connectivity index (χ2n) is 5.94. The molecule has 5 nitrogen and oxygen atoms in total. The van der Waals surface area contributed by atoms with Crippen LogP contribution in [0.3, 0.4) is 0 Å². The minimum absolute atomic E-state index is 0.303. The molecule has 2 heterocycles. The van der Waals surface area contributed by atoms with Crippen LogP contribution in [0.2, 0.25) is 5.02 Å². The summed E-state index contributed by atoms with van der Waals surface area (Å²) in [6.45, 7) is 8.77. The predicted molar refractivity (Wildman–Crippen MR) is 87.3 cm³/mol. The first-order valence-corrected chi connectivity index (χ1v) is 8.05. The summed E-state index contributed by atoms with van der Waals surface area (Å²) in [5.41, 5.74) is 1.19. The van der Waals surface area contributed by atoms with Crippen molar-refractivity contribution in [3.05, 3.63) is 41.0 Å².